The van der Waals surface area contributed by atoms with Gasteiger partial charge in [-0.15, -0.1) is 0 Å². The lowest BCUT2D eigenvalue weighted by molar-refractivity contribution is -0.296. The zero-order chi connectivity index (χ0) is 36.0. The van der Waals surface area contributed by atoms with Crippen LogP contribution in [-0.2, 0) is 61.8 Å². The number of ether oxygens (including phenoxy) is 9. The van der Waals surface area contributed by atoms with Gasteiger partial charge in [0.2, 0.25) is 6.29 Å². The molecular weight excluding hydrogens is 660 g/mol. The van der Waals surface area contributed by atoms with Gasteiger partial charge < -0.3 is 52.8 Å². The van der Waals surface area contributed by atoms with Gasteiger partial charge in [-0.1, -0.05) is 13.0 Å². The minimum atomic E-state index is -1.68. The standard InChI is InChI=1S/C35H44O15/c1-8-15(2)26(38)48-18-12-19(47-16(3)36)33(28(40)43-7)14-45-21-24(33)32(18)13-46-22(27(39)42-6)23(32)30(4,25(21)37)35-20-11-17(31(35,5)50-35)34(41)9-10-44-29(34)49-20/h8-10,17-25,29,37,41H,11-14H2,1-7H3/b15-8+/t17?,18-,19+,20?,21?,22-,23-,24?,25+,29-,30-,31?,32+,33-,34?,35?/m0/s1. The first-order valence-electron chi connectivity index (χ1n) is 17.1. The summed E-state index contributed by atoms with van der Waals surface area (Å²) < 4.78 is 54.7. The SMILES string of the molecule is C/C=C(\C)C(=O)O[C@H]1C[C@@H](OC(C)=O)[C@@]2(C(=O)OC)COC3C2[C@]12CO[C@H](C(=O)OC)[C@H]2[C@](C)(C12OC1(C)C1CC2O[C@@H]2OC=CC12O)[C@@H]3O. The number of esters is 4. The Morgan fingerprint density at radius 1 is 0.960 bits per heavy atom. The Morgan fingerprint density at radius 2 is 1.70 bits per heavy atom. The van der Waals surface area contributed by atoms with Crippen molar-refractivity contribution in [3.63, 3.8) is 0 Å². The van der Waals surface area contributed by atoms with Crippen LogP contribution < -0.4 is 0 Å². The molecule has 15 nitrogen and oxygen atoms in total. The average molecular weight is 705 g/mol. The fourth-order valence-corrected chi connectivity index (χ4v) is 12.1. The number of fused-ring (bicyclic) bond motifs is 7. The van der Waals surface area contributed by atoms with Crippen molar-refractivity contribution in [1.29, 1.82) is 0 Å². The maximum atomic E-state index is 14.2. The Bertz CT molecular complexity index is 1610. The molecule has 15 heteroatoms. The van der Waals surface area contributed by atoms with Gasteiger partial charge in [0.25, 0.3) is 0 Å². The van der Waals surface area contributed by atoms with E-state index in [9.17, 15) is 29.4 Å². The molecule has 16 atom stereocenters. The van der Waals surface area contributed by atoms with E-state index in [1.54, 1.807) is 32.9 Å². The van der Waals surface area contributed by atoms with Crippen molar-refractivity contribution >= 4 is 23.9 Å². The quantitative estimate of drug-likeness (QED) is 0.168. The molecule has 0 radical (unpaired) electrons. The summed E-state index contributed by atoms with van der Waals surface area (Å²) >= 11 is 0. The molecule has 8 aliphatic rings. The predicted molar refractivity (Wildman–Crippen MR) is 163 cm³/mol. The van der Waals surface area contributed by atoms with Crippen molar-refractivity contribution in [3.05, 3.63) is 24.0 Å². The van der Waals surface area contributed by atoms with Crippen LogP contribution in [0.4, 0.5) is 0 Å². The molecule has 7 unspecified atom stereocenters. The highest BCUT2D eigenvalue weighted by molar-refractivity contribution is 5.88. The molecule has 2 N–H and O–H groups in total. The number of aliphatic hydroxyl groups is 2. The lowest BCUT2D eigenvalue weighted by atomic mass is 9.38. The number of aliphatic hydroxyl groups excluding tert-OH is 1. The summed E-state index contributed by atoms with van der Waals surface area (Å²) in [6.07, 6.45) is -3.32. The number of hydrogen-bond donors (Lipinski definition) is 2. The van der Waals surface area contributed by atoms with Crippen LogP contribution in [-0.4, -0.2) is 121 Å². The van der Waals surface area contributed by atoms with Crippen LogP contribution in [0.5, 0.6) is 0 Å². The van der Waals surface area contributed by atoms with Gasteiger partial charge in [0.05, 0.1) is 52.0 Å². The van der Waals surface area contributed by atoms with Gasteiger partial charge >= 0.3 is 23.9 Å². The number of epoxide rings is 1. The zero-order valence-electron chi connectivity index (χ0n) is 29.0. The molecule has 0 aromatic heterocycles. The fraction of sp³-hybridized carbons (Fsp3) is 0.771. The first-order chi connectivity index (χ1) is 23.6. The first-order valence-corrected chi connectivity index (χ1v) is 17.1. The van der Waals surface area contributed by atoms with E-state index in [1.165, 1.54) is 27.4 Å². The second kappa shape index (κ2) is 10.5. The second-order valence-corrected chi connectivity index (χ2v) is 15.6. The lowest BCUT2D eigenvalue weighted by Crippen LogP contribution is -2.77. The van der Waals surface area contributed by atoms with Gasteiger partial charge in [-0.2, -0.15) is 0 Å². The Hall–Kier alpha value is -3.08. The number of carbonyl (C=O) groups excluding carboxylic acids is 4. The monoisotopic (exact) mass is 704 g/mol. The van der Waals surface area contributed by atoms with Crippen molar-refractivity contribution in [2.75, 3.05) is 27.4 Å². The number of carbonyl (C=O) groups is 4. The van der Waals surface area contributed by atoms with Crippen molar-refractivity contribution in [2.45, 2.75) is 107 Å². The topological polar surface area (TPSA) is 195 Å². The summed E-state index contributed by atoms with van der Waals surface area (Å²) in [5.41, 5.74) is -8.31. The van der Waals surface area contributed by atoms with Crippen LogP contribution in [0.1, 0.15) is 47.5 Å². The van der Waals surface area contributed by atoms with Crippen molar-refractivity contribution in [2.24, 2.45) is 34.0 Å². The molecule has 274 valence electrons. The minimum Gasteiger partial charge on any atom is -0.469 e. The highest BCUT2D eigenvalue weighted by Gasteiger charge is 2.95. The van der Waals surface area contributed by atoms with Gasteiger partial charge in [0.15, 0.2) is 11.7 Å². The van der Waals surface area contributed by atoms with Gasteiger partial charge in [0.1, 0.15) is 28.8 Å². The molecule has 0 amide bonds. The van der Waals surface area contributed by atoms with Crippen molar-refractivity contribution in [3.8, 4) is 0 Å². The van der Waals surface area contributed by atoms with E-state index in [-0.39, 0.29) is 19.6 Å². The van der Waals surface area contributed by atoms with Crippen LogP contribution in [0, 0.1) is 34.0 Å². The van der Waals surface area contributed by atoms with Crippen molar-refractivity contribution in [1.82, 2.24) is 0 Å². The minimum absolute atomic E-state index is 0.169. The normalized spacial score (nSPS) is 53.3. The van der Waals surface area contributed by atoms with Gasteiger partial charge in [-0.25, -0.2) is 9.59 Å². The molecule has 5 aliphatic heterocycles. The Morgan fingerprint density at radius 3 is 2.36 bits per heavy atom. The maximum absolute atomic E-state index is 14.2. The summed E-state index contributed by atoms with van der Waals surface area (Å²) in [6, 6.07) is 0. The Balaban J connectivity index is 1.37. The van der Waals surface area contributed by atoms with Gasteiger partial charge in [-0.05, 0) is 33.3 Å². The third-order valence-electron chi connectivity index (χ3n) is 14.1. The molecule has 0 aromatic rings. The highest BCUT2D eigenvalue weighted by atomic mass is 16.7. The molecule has 0 aromatic carbocycles. The Kier molecular flexibility index (Phi) is 7.15. The Labute approximate surface area is 288 Å². The van der Waals surface area contributed by atoms with Crippen molar-refractivity contribution < 1.29 is 72.0 Å². The third kappa shape index (κ3) is 3.56. The summed E-state index contributed by atoms with van der Waals surface area (Å²) in [4.78, 5) is 54.3. The van der Waals surface area contributed by atoms with Crippen LogP contribution in [0.25, 0.3) is 0 Å². The van der Waals surface area contributed by atoms with Crippen LogP contribution >= 0.6 is 0 Å². The number of rotatable bonds is 6. The zero-order valence-corrected chi connectivity index (χ0v) is 29.0. The molecule has 1 spiro atoms. The van der Waals surface area contributed by atoms with E-state index < -0.39 is 118 Å². The fourth-order valence-electron chi connectivity index (χ4n) is 12.1. The lowest BCUT2D eigenvalue weighted by Gasteiger charge is -2.65. The molecule has 3 saturated carbocycles. The van der Waals surface area contributed by atoms with E-state index in [0.29, 0.717) is 12.0 Å². The van der Waals surface area contributed by atoms with Crippen LogP contribution in [0.3, 0.4) is 0 Å². The highest BCUT2D eigenvalue weighted by Crippen LogP contribution is 2.82. The molecule has 2 bridgehead atoms. The largest absolute Gasteiger partial charge is 0.469 e. The molecule has 8 rings (SSSR count). The molecule has 5 heterocycles. The molecule has 7 fully saturated rings. The molecular formula is C35H44O15. The number of allylic oxidation sites excluding steroid dienone is 1. The van der Waals surface area contributed by atoms with Gasteiger partial charge in [-0.3, -0.25) is 9.59 Å². The first kappa shape index (κ1) is 34.0. The average Bonchev–Trinajstić information content (AvgIpc) is 3.52. The van der Waals surface area contributed by atoms with Crippen LogP contribution in [0.2, 0.25) is 0 Å². The van der Waals surface area contributed by atoms with E-state index in [2.05, 4.69) is 0 Å². The number of hydrogen-bond acceptors (Lipinski definition) is 15. The second-order valence-electron chi connectivity index (χ2n) is 15.6. The molecule has 3 aliphatic carbocycles. The third-order valence-corrected chi connectivity index (χ3v) is 14.1. The number of methoxy groups -OCH3 is 2. The van der Waals surface area contributed by atoms with E-state index in [4.69, 9.17) is 42.6 Å². The van der Waals surface area contributed by atoms with E-state index in [0.717, 1.165) is 0 Å². The van der Waals surface area contributed by atoms with Gasteiger partial charge in [0, 0.05) is 47.5 Å². The predicted octanol–water partition coefficient (Wildman–Crippen LogP) is 0.477. The van der Waals surface area contributed by atoms with E-state index in [1.807, 2.05) is 6.92 Å². The molecule has 4 saturated heterocycles. The summed E-state index contributed by atoms with van der Waals surface area (Å²) in [5, 5.41) is 24.8. The summed E-state index contributed by atoms with van der Waals surface area (Å²) in [6.45, 7) is 7.60. The smallest absolute Gasteiger partial charge is 0.335 e. The van der Waals surface area contributed by atoms with Crippen LogP contribution in [0.15, 0.2) is 24.0 Å². The maximum Gasteiger partial charge on any atom is 0.335 e. The summed E-state index contributed by atoms with van der Waals surface area (Å²) in [7, 11) is 2.43. The molecule has 50 heavy (non-hydrogen) atoms. The summed E-state index contributed by atoms with van der Waals surface area (Å²) in [5.74, 6) is -5.48. The van der Waals surface area contributed by atoms with E-state index >= 15 is 0 Å².